The molecule has 1 fully saturated rings. The second-order valence-electron chi connectivity index (χ2n) is 12.0. The van der Waals surface area contributed by atoms with Crippen molar-refractivity contribution in [3.8, 4) is 0 Å². The van der Waals surface area contributed by atoms with Gasteiger partial charge < -0.3 is 20.7 Å². The van der Waals surface area contributed by atoms with E-state index in [1.807, 2.05) is 6.92 Å². The van der Waals surface area contributed by atoms with Crippen molar-refractivity contribution in [3.05, 3.63) is 70.7 Å². The summed E-state index contributed by atoms with van der Waals surface area (Å²) in [6, 6.07) is 8.74. The Balaban J connectivity index is 1.45. The van der Waals surface area contributed by atoms with Gasteiger partial charge in [-0.15, -0.1) is 0 Å². The van der Waals surface area contributed by atoms with Crippen LogP contribution in [0.15, 0.2) is 42.5 Å². The van der Waals surface area contributed by atoms with Gasteiger partial charge in [0.05, 0.1) is 16.5 Å². The number of aryl methyl sites for hydroxylation is 1. The van der Waals surface area contributed by atoms with E-state index < -0.39 is 58.3 Å². The molecule has 1 aromatic heterocycles. The van der Waals surface area contributed by atoms with E-state index in [1.165, 1.54) is 18.2 Å². The van der Waals surface area contributed by atoms with E-state index >= 15 is 0 Å². The molecule has 2 aromatic carbocycles. The number of nitrogens with one attached hydrogen (secondary N) is 3. The molecule has 2 aliphatic rings. The molecule has 11 heteroatoms. The van der Waals surface area contributed by atoms with Crippen molar-refractivity contribution in [2.24, 2.45) is 5.92 Å². The number of carbonyl (C=O) groups is 3. The van der Waals surface area contributed by atoms with E-state index in [0.29, 0.717) is 43.4 Å². The van der Waals surface area contributed by atoms with Crippen molar-refractivity contribution < 1.29 is 37.1 Å². The van der Waals surface area contributed by atoms with Crippen molar-refractivity contribution in [1.29, 1.82) is 0 Å². The maximum atomic E-state index is 14.9. The Morgan fingerprint density at radius 2 is 1.74 bits per heavy atom. The molecule has 230 valence electrons. The van der Waals surface area contributed by atoms with Gasteiger partial charge in [0.15, 0.2) is 0 Å². The average molecular weight is 602 g/mol. The number of rotatable bonds is 8. The van der Waals surface area contributed by atoms with Gasteiger partial charge in [0.25, 0.3) is 0 Å². The zero-order valence-corrected chi connectivity index (χ0v) is 24.0. The summed E-state index contributed by atoms with van der Waals surface area (Å²) in [7, 11) is 0. The number of carboxylic acids is 1. The molecule has 43 heavy (non-hydrogen) atoms. The molecular formula is C32H35F4N3O4. The highest BCUT2D eigenvalue weighted by Crippen LogP contribution is 2.43. The lowest BCUT2D eigenvalue weighted by molar-refractivity contribution is -0.149. The van der Waals surface area contributed by atoms with E-state index in [0.717, 1.165) is 6.07 Å². The van der Waals surface area contributed by atoms with Crippen LogP contribution in [0.1, 0.15) is 74.8 Å². The lowest BCUT2D eigenvalue weighted by Crippen LogP contribution is -2.63. The molecule has 1 saturated carbocycles. The number of amides is 2. The Bertz CT molecular complexity index is 1560. The largest absolute Gasteiger partial charge is 0.479 e. The molecule has 2 unspecified atom stereocenters. The fourth-order valence-corrected chi connectivity index (χ4v) is 6.79. The van der Waals surface area contributed by atoms with E-state index in [2.05, 4.69) is 15.6 Å². The topological polar surface area (TPSA) is 111 Å². The Hall–Kier alpha value is -3.89. The third-order valence-corrected chi connectivity index (χ3v) is 9.45. The van der Waals surface area contributed by atoms with Crippen molar-refractivity contribution in [2.75, 3.05) is 0 Å². The molecule has 0 aliphatic heterocycles. The molecule has 0 spiro atoms. The number of aromatic nitrogens is 1. The lowest BCUT2D eigenvalue weighted by atomic mass is 9.77. The Morgan fingerprint density at radius 1 is 1.05 bits per heavy atom. The standard InChI is InChI=1S/C32H35F4N3O4/c1-3-18(2)25(38-28(41)30(14-6-7-15-30)21-10-4-5-12-23(21)33)27(40)39-31(29(42)43)16-13-24-20(17-31)19-9-8-11-22(26(19)37-24)32(34,35)36/h4-5,8-12,18,25,37H,3,6-7,13-17H2,1-2H3,(H,38,41)(H,39,40)(H,42,43)/t18?,25?,31-/m1/s1. The third kappa shape index (κ3) is 5.38. The molecule has 3 atom stereocenters. The summed E-state index contributed by atoms with van der Waals surface area (Å²) in [4.78, 5) is 43.3. The van der Waals surface area contributed by atoms with E-state index in [-0.39, 0.29) is 35.7 Å². The van der Waals surface area contributed by atoms with Gasteiger partial charge in [-0.2, -0.15) is 13.2 Å². The normalized spacial score (nSPS) is 21.2. The molecule has 4 N–H and O–H groups in total. The van der Waals surface area contributed by atoms with Gasteiger partial charge in [-0.25, -0.2) is 9.18 Å². The molecule has 2 aliphatic carbocycles. The summed E-state index contributed by atoms with van der Waals surface area (Å²) < 4.78 is 56.0. The number of para-hydroxylation sites is 1. The molecule has 1 heterocycles. The number of fused-ring (bicyclic) bond motifs is 3. The van der Waals surface area contributed by atoms with Crippen LogP contribution >= 0.6 is 0 Å². The monoisotopic (exact) mass is 601 g/mol. The molecule has 5 rings (SSSR count). The molecular weight excluding hydrogens is 566 g/mol. The Kier molecular flexibility index (Phi) is 8.04. The maximum absolute atomic E-state index is 14.9. The summed E-state index contributed by atoms with van der Waals surface area (Å²) in [5, 5.41) is 16.2. The highest BCUT2D eigenvalue weighted by atomic mass is 19.4. The van der Waals surface area contributed by atoms with Crippen LogP contribution in [0, 0.1) is 11.7 Å². The van der Waals surface area contributed by atoms with Crippen molar-refractivity contribution in [2.45, 2.75) is 88.4 Å². The minimum atomic E-state index is -4.61. The molecule has 0 radical (unpaired) electrons. The minimum Gasteiger partial charge on any atom is -0.479 e. The van der Waals surface area contributed by atoms with E-state index in [1.54, 1.807) is 25.1 Å². The van der Waals surface area contributed by atoms with Gasteiger partial charge in [-0.3, -0.25) is 9.59 Å². The second kappa shape index (κ2) is 11.3. The summed E-state index contributed by atoms with van der Waals surface area (Å²) >= 11 is 0. The Labute approximate surface area is 246 Å². The van der Waals surface area contributed by atoms with Crippen LogP contribution in [-0.4, -0.2) is 39.5 Å². The van der Waals surface area contributed by atoms with Crippen LogP contribution in [0.4, 0.5) is 17.6 Å². The van der Waals surface area contributed by atoms with Gasteiger partial charge in [0.1, 0.15) is 17.4 Å². The second-order valence-corrected chi connectivity index (χ2v) is 12.0. The number of benzene rings is 2. The summed E-state index contributed by atoms with van der Waals surface area (Å²) in [6.07, 6.45) is -2.05. The fraction of sp³-hybridized carbons (Fsp3) is 0.469. The third-order valence-electron chi connectivity index (χ3n) is 9.45. The first kappa shape index (κ1) is 30.6. The summed E-state index contributed by atoms with van der Waals surface area (Å²) in [5.41, 5.74) is -2.75. The first-order valence-electron chi connectivity index (χ1n) is 14.6. The number of H-pyrrole nitrogens is 1. The highest BCUT2D eigenvalue weighted by molar-refractivity contribution is 5.96. The fourth-order valence-electron chi connectivity index (χ4n) is 6.79. The van der Waals surface area contributed by atoms with Crippen LogP contribution in [0.3, 0.4) is 0 Å². The minimum absolute atomic E-state index is 0.0599. The Morgan fingerprint density at radius 3 is 2.37 bits per heavy atom. The zero-order valence-electron chi connectivity index (χ0n) is 24.0. The number of hydrogen-bond acceptors (Lipinski definition) is 3. The summed E-state index contributed by atoms with van der Waals surface area (Å²) in [5.74, 6) is -3.40. The number of aromatic amines is 1. The quantitative estimate of drug-likeness (QED) is 0.245. The van der Waals surface area contributed by atoms with Gasteiger partial charge in [0.2, 0.25) is 11.8 Å². The SMILES string of the molecule is CCC(C)C(NC(=O)C1(c2ccccc2F)CCCC1)C(=O)N[C@]1(C(=O)O)CCc2[nH]c3c(C(F)(F)F)cccc3c2C1. The highest BCUT2D eigenvalue weighted by Gasteiger charge is 2.49. The van der Waals surface area contributed by atoms with Crippen LogP contribution in [0.25, 0.3) is 10.9 Å². The maximum Gasteiger partial charge on any atom is 0.418 e. The number of halogens is 4. The smallest absolute Gasteiger partial charge is 0.418 e. The van der Waals surface area contributed by atoms with Gasteiger partial charge in [-0.1, -0.05) is 63.4 Å². The first-order chi connectivity index (χ1) is 20.3. The lowest BCUT2D eigenvalue weighted by Gasteiger charge is -2.37. The van der Waals surface area contributed by atoms with E-state index in [4.69, 9.17) is 0 Å². The van der Waals surface area contributed by atoms with Crippen molar-refractivity contribution in [3.63, 3.8) is 0 Å². The van der Waals surface area contributed by atoms with Gasteiger partial charge >= 0.3 is 12.1 Å². The predicted octanol–water partition coefficient (Wildman–Crippen LogP) is 5.80. The number of alkyl halides is 3. The number of aliphatic carboxylic acids is 1. The molecule has 0 bridgehead atoms. The van der Waals surface area contributed by atoms with Gasteiger partial charge in [-0.05, 0) is 49.3 Å². The molecule has 7 nitrogen and oxygen atoms in total. The van der Waals surface area contributed by atoms with Crippen LogP contribution in [0.5, 0.6) is 0 Å². The van der Waals surface area contributed by atoms with Crippen LogP contribution in [-0.2, 0) is 38.8 Å². The average Bonchev–Trinajstić information content (AvgIpc) is 3.60. The van der Waals surface area contributed by atoms with Crippen LogP contribution in [0.2, 0.25) is 0 Å². The molecule has 2 amide bonds. The van der Waals surface area contributed by atoms with Crippen molar-refractivity contribution in [1.82, 2.24) is 15.6 Å². The first-order valence-corrected chi connectivity index (χ1v) is 14.6. The van der Waals surface area contributed by atoms with Gasteiger partial charge in [0, 0.05) is 23.1 Å². The number of hydrogen-bond donors (Lipinski definition) is 4. The molecule has 0 saturated heterocycles. The van der Waals surface area contributed by atoms with Crippen molar-refractivity contribution >= 4 is 28.7 Å². The van der Waals surface area contributed by atoms with E-state index in [9.17, 15) is 37.1 Å². The number of carbonyl (C=O) groups excluding carboxylic acids is 2. The number of carboxylic acid groups (broad SMARTS) is 1. The van der Waals surface area contributed by atoms with Crippen LogP contribution < -0.4 is 10.6 Å². The summed E-state index contributed by atoms with van der Waals surface area (Å²) in [6.45, 7) is 3.60. The zero-order chi connectivity index (χ0) is 31.2. The predicted molar refractivity (Wildman–Crippen MR) is 152 cm³/mol. The molecule has 3 aromatic rings.